The molecule has 3 aromatic heterocycles. The molecule has 11 atom stereocenters. The molecule has 3 aliphatic rings. The first-order valence-corrected chi connectivity index (χ1v) is 17.7. The maximum atomic E-state index is 12.6. The number of aliphatic hydroxyl groups is 2. The minimum atomic E-state index is -5.44. The first-order valence-electron chi connectivity index (χ1n) is 13.2. The molecule has 26 heteroatoms. The minimum absolute atomic E-state index is 0.0306. The van der Waals surface area contributed by atoms with Crippen molar-refractivity contribution in [2.75, 3.05) is 18.9 Å². The van der Waals surface area contributed by atoms with Gasteiger partial charge in [-0.05, 0) is 6.07 Å². The summed E-state index contributed by atoms with van der Waals surface area (Å²) in [4.78, 5) is 53.4. The number of imidazole rings is 1. The molecule has 0 spiro atoms. The van der Waals surface area contributed by atoms with Gasteiger partial charge in [0.25, 0.3) is 6.23 Å². The number of nitrogens with two attached hydrogens (primary N) is 1. The Morgan fingerprint density at radius 1 is 1.04 bits per heavy atom. The number of pyridine rings is 1. The normalized spacial score (nSPS) is 34.7. The molecule has 0 aliphatic carbocycles. The number of nitrogen functional groups attached to an aromatic ring is 1. The fraction of sp³-hybridized carbons (Fsp3) is 0.476. The van der Waals surface area contributed by atoms with Gasteiger partial charge in [0.1, 0.15) is 47.9 Å². The first-order chi connectivity index (χ1) is 22.0. The van der Waals surface area contributed by atoms with Crippen LogP contribution in [0, 0.1) is 0 Å². The van der Waals surface area contributed by atoms with Gasteiger partial charge in [-0.25, -0.2) is 33.4 Å². The van der Waals surface area contributed by atoms with Gasteiger partial charge in [-0.3, -0.25) is 22.7 Å². The molecular weight excluding hydrogens is 701 g/mol. The number of aromatic nitrogens is 5. The van der Waals surface area contributed by atoms with Gasteiger partial charge >= 0.3 is 29.4 Å². The van der Waals surface area contributed by atoms with E-state index in [9.17, 15) is 48.5 Å². The maximum absolute atomic E-state index is 12.6. The van der Waals surface area contributed by atoms with Crippen LogP contribution in [0.1, 0.15) is 22.8 Å². The molecule has 6 rings (SSSR count). The predicted molar refractivity (Wildman–Crippen MR) is 145 cm³/mol. The number of phosphoric ester groups is 3. The zero-order chi connectivity index (χ0) is 33.9. The topological polar surface area (TPSA) is 328 Å². The summed E-state index contributed by atoms with van der Waals surface area (Å²) in [7, 11) is -15.5. The second-order valence-electron chi connectivity index (χ2n) is 10.3. The number of hydrogen-bond donors (Lipinski definition) is 7. The van der Waals surface area contributed by atoms with Crippen LogP contribution in [0.4, 0.5) is 5.82 Å². The van der Waals surface area contributed by atoms with Crippen LogP contribution in [0.2, 0.25) is 0 Å². The second kappa shape index (κ2) is 12.6. The summed E-state index contributed by atoms with van der Waals surface area (Å²) >= 11 is 0. The van der Waals surface area contributed by atoms with Crippen molar-refractivity contribution in [1.82, 2.24) is 19.5 Å². The molecule has 3 aromatic rings. The third kappa shape index (κ3) is 7.01. The summed E-state index contributed by atoms with van der Waals surface area (Å²) in [6, 6.07) is 2.62. The highest BCUT2D eigenvalue weighted by Crippen LogP contribution is 2.62. The number of fused-ring (bicyclic) bond motifs is 2. The average Bonchev–Trinajstić information content (AvgIpc) is 3.72. The first kappa shape index (κ1) is 34.1. The minimum Gasteiger partial charge on any atom is -0.477 e. The van der Waals surface area contributed by atoms with E-state index in [1.54, 1.807) is 0 Å². The Labute approximate surface area is 261 Å². The van der Waals surface area contributed by atoms with Gasteiger partial charge < -0.3 is 45.2 Å². The molecule has 8 N–H and O–H groups in total. The van der Waals surface area contributed by atoms with E-state index < -0.39 is 91.7 Å². The zero-order valence-electron chi connectivity index (χ0n) is 23.3. The highest BCUT2D eigenvalue weighted by molar-refractivity contribution is 7.61. The number of aliphatic hydroxyl groups excluding tert-OH is 2. The molecule has 0 saturated carbocycles. The van der Waals surface area contributed by atoms with Gasteiger partial charge in [-0.2, -0.15) is 8.88 Å². The summed E-state index contributed by atoms with van der Waals surface area (Å²) in [6.07, 6.45) is -6.55. The number of aromatic carboxylic acids is 1. The largest absolute Gasteiger partial charge is 0.481 e. The van der Waals surface area contributed by atoms with Crippen LogP contribution in [-0.4, -0.2) is 105 Å². The third-order valence-electron chi connectivity index (χ3n) is 7.17. The van der Waals surface area contributed by atoms with E-state index in [0.717, 1.165) is 17.1 Å². The van der Waals surface area contributed by atoms with Crippen LogP contribution >= 0.6 is 23.5 Å². The van der Waals surface area contributed by atoms with Gasteiger partial charge in [0.05, 0.1) is 19.5 Å². The standard InChI is InChI=1S/C21H25N6O17P3/c22-17-12-18(24-7-23-17)27(8-25-12)20-16-15(42-47(36,37)43-16)11(41-20)6-39-46(34,35)44-45(32,33)38-5-10-13(28)14(29)19(40-10)26-3-1-2-9(4-26)21(30)31/h1-4,7-8,10-11,13-16,19-20,28-29H,5-6H2,(H5-,22,23,24,30,31,32,33,34,35,36,37)/p+1/t10-,11-,13-,14-,15-,16-,19-,20-/m1/s1. The Morgan fingerprint density at radius 3 is 2.43 bits per heavy atom. The van der Waals surface area contributed by atoms with E-state index in [0.29, 0.717) is 0 Å². The Balaban J connectivity index is 1.08. The number of phosphoric acid groups is 3. The van der Waals surface area contributed by atoms with Crippen LogP contribution in [0.3, 0.4) is 0 Å². The van der Waals surface area contributed by atoms with Gasteiger partial charge in [0.2, 0.25) is 0 Å². The number of anilines is 1. The van der Waals surface area contributed by atoms with E-state index in [2.05, 4.69) is 19.3 Å². The van der Waals surface area contributed by atoms with Crippen LogP contribution < -0.4 is 10.3 Å². The van der Waals surface area contributed by atoms with Gasteiger partial charge in [-0.15, -0.1) is 0 Å². The van der Waals surface area contributed by atoms with Crippen molar-refractivity contribution in [3.63, 3.8) is 0 Å². The lowest BCUT2D eigenvalue weighted by molar-refractivity contribution is -0.765. The molecule has 3 aliphatic heterocycles. The van der Waals surface area contributed by atoms with Crippen molar-refractivity contribution in [2.24, 2.45) is 0 Å². The monoisotopic (exact) mass is 727 g/mol. The number of carboxylic acids is 1. The number of carboxylic acid groups (broad SMARTS) is 1. The second-order valence-corrected chi connectivity index (χ2v) is 14.7. The Hall–Kier alpha value is -2.82. The van der Waals surface area contributed by atoms with Crippen LogP contribution in [-0.2, 0) is 45.6 Å². The molecule has 6 heterocycles. The molecule has 0 amide bonds. The summed E-state index contributed by atoms with van der Waals surface area (Å²) in [6.45, 7) is -1.84. The molecule has 0 bridgehead atoms. The lowest BCUT2D eigenvalue weighted by Crippen LogP contribution is -2.46. The number of nitrogens with zero attached hydrogens (tertiary/aromatic N) is 5. The number of hydrogen-bond acceptors (Lipinski definition) is 17. The van der Waals surface area contributed by atoms with Crippen LogP contribution in [0.15, 0.2) is 37.2 Å². The van der Waals surface area contributed by atoms with Crippen molar-refractivity contribution in [3.05, 3.63) is 42.7 Å². The molecule has 23 nitrogen and oxygen atoms in total. The van der Waals surface area contributed by atoms with Crippen LogP contribution in [0.5, 0.6) is 0 Å². The molecule has 0 aromatic carbocycles. The quantitative estimate of drug-likeness (QED) is 0.0895. The maximum Gasteiger partial charge on any atom is 0.481 e. The van der Waals surface area contributed by atoms with E-state index in [1.165, 1.54) is 29.2 Å². The van der Waals surface area contributed by atoms with Crippen molar-refractivity contribution in [1.29, 1.82) is 0 Å². The van der Waals surface area contributed by atoms with E-state index >= 15 is 0 Å². The Morgan fingerprint density at radius 2 is 1.72 bits per heavy atom. The molecule has 3 unspecified atom stereocenters. The van der Waals surface area contributed by atoms with E-state index in [1.807, 2.05) is 0 Å². The Bertz CT molecular complexity index is 1830. The van der Waals surface area contributed by atoms with Crippen molar-refractivity contribution in [2.45, 2.75) is 49.1 Å². The number of carbonyl (C=O) groups is 1. The average molecular weight is 727 g/mol. The number of rotatable bonds is 11. The predicted octanol–water partition coefficient (Wildman–Crippen LogP) is -1.25. The highest BCUT2D eigenvalue weighted by atomic mass is 31.3. The number of ether oxygens (including phenoxy) is 2. The summed E-state index contributed by atoms with van der Waals surface area (Å²) in [5.74, 6) is -1.24. The molecule has 3 saturated heterocycles. The van der Waals surface area contributed by atoms with Gasteiger partial charge in [0.15, 0.2) is 36.2 Å². The SMILES string of the molecule is Nc1ncnc2c1ncn2[C@@H]1O[C@H](COP(=O)(O)OP(=O)(O)OC[C@H]2O[C@@H]([n+]3cccc(C(=O)O)c3)[C@H](O)[C@@H]2O)[C@H]2OP(=O)(O)O[C@H]21. The molecule has 47 heavy (non-hydrogen) atoms. The summed E-state index contributed by atoms with van der Waals surface area (Å²) in [5.41, 5.74) is 5.97. The molecule has 3 fully saturated rings. The molecule has 256 valence electrons. The fourth-order valence-corrected chi connectivity index (χ4v) is 8.33. The van der Waals surface area contributed by atoms with Gasteiger partial charge in [0, 0.05) is 6.07 Å². The fourth-order valence-electron chi connectivity index (χ4n) is 5.10. The molecular formula is C21H26N6O17P3+. The van der Waals surface area contributed by atoms with Crippen molar-refractivity contribution in [3.8, 4) is 0 Å². The van der Waals surface area contributed by atoms with E-state index in [4.69, 9.17) is 33.3 Å². The zero-order valence-corrected chi connectivity index (χ0v) is 26.0. The highest BCUT2D eigenvalue weighted by Gasteiger charge is 2.58. The Kier molecular flexibility index (Phi) is 9.11. The molecule has 0 radical (unpaired) electrons. The summed E-state index contributed by atoms with van der Waals surface area (Å²) in [5, 5.41) is 29.9. The lowest BCUT2D eigenvalue weighted by atomic mass is 10.1. The lowest BCUT2D eigenvalue weighted by Gasteiger charge is -2.21. The van der Waals surface area contributed by atoms with Gasteiger partial charge in [-0.1, -0.05) is 0 Å². The third-order valence-corrected chi connectivity index (χ3v) is 10.8. The van der Waals surface area contributed by atoms with Crippen LogP contribution in [0.25, 0.3) is 11.2 Å². The summed E-state index contributed by atoms with van der Waals surface area (Å²) < 4.78 is 75.1. The van der Waals surface area contributed by atoms with Crippen molar-refractivity contribution >= 4 is 46.4 Å². The van der Waals surface area contributed by atoms with E-state index in [-0.39, 0.29) is 22.5 Å². The smallest absolute Gasteiger partial charge is 0.477 e. The van der Waals surface area contributed by atoms with Crippen molar-refractivity contribution < 1.29 is 84.9 Å².